The maximum atomic E-state index is 5.28. The summed E-state index contributed by atoms with van der Waals surface area (Å²) in [5.41, 5.74) is 4.47. The Labute approximate surface area is 93.4 Å². The molecule has 3 rings (SSSR count). The van der Waals surface area contributed by atoms with Gasteiger partial charge in [0, 0.05) is 11.8 Å². The summed E-state index contributed by atoms with van der Waals surface area (Å²) in [7, 11) is 0. The summed E-state index contributed by atoms with van der Waals surface area (Å²) >= 11 is 0. The third-order valence-corrected chi connectivity index (χ3v) is 2.79. The number of fused-ring (bicyclic) bond motifs is 1. The topological polar surface area (TPSA) is 30.4 Å². The van der Waals surface area contributed by atoms with Gasteiger partial charge in [0.2, 0.25) is 0 Å². The number of aromatic nitrogens is 2. The zero-order valence-electron chi connectivity index (χ0n) is 9.27. The van der Waals surface area contributed by atoms with E-state index >= 15 is 0 Å². The lowest BCUT2D eigenvalue weighted by molar-refractivity contribution is 0.596. The SMILES string of the molecule is Cc1cccc(-c2nc3occn3c2C)c1. The van der Waals surface area contributed by atoms with Crippen molar-refractivity contribution in [3.63, 3.8) is 0 Å². The molecule has 2 aromatic heterocycles. The Morgan fingerprint density at radius 1 is 1.25 bits per heavy atom. The zero-order chi connectivity index (χ0) is 11.1. The predicted octanol–water partition coefficient (Wildman–Crippen LogP) is 3.21. The molecule has 0 fully saturated rings. The summed E-state index contributed by atoms with van der Waals surface area (Å²) < 4.78 is 7.24. The van der Waals surface area contributed by atoms with E-state index in [0.717, 1.165) is 17.0 Å². The quantitative estimate of drug-likeness (QED) is 0.620. The van der Waals surface area contributed by atoms with Crippen LogP contribution in [-0.4, -0.2) is 9.38 Å². The van der Waals surface area contributed by atoms with Crippen LogP contribution in [-0.2, 0) is 0 Å². The van der Waals surface area contributed by atoms with Crippen molar-refractivity contribution in [1.82, 2.24) is 9.38 Å². The number of aryl methyl sites for hydroxylation is 2. The fraction of sp³-hybridized carbons (Fsp3) is 0.154. The predicted molar refractivity (Wildman–Crippen MR) is 62.4 cm³/mol. The molecular weight excluding hydrogens is 200 g/mol. The Morgan fingerprint density at radius 3 is 2.88 bits per heavy atom. The zero-order valence-corrected chi connectivity index (χ0v) is 9.27. The van der Waals surface area contributed by atoms with Gasteiger partial charge in [-0.1, -0.05) is 23.8 Å². The molecule has 0 saturated heterocycles. The van der Waals surface area contributed by atoms with Gasteiger partial charge in [-0.05, 0) is 19.9 Å². The van der Waals surface area contributed by atoms with Crippen molar-refractivity contribution in [1.29, 1.82) is 0 Å². The fourth-order valence-corrected chi connectivity index (χ4v) is 1.96. The number of oxazole rings is 1. The molecule has 16 heavy (non-hydrogen) atoms. The van der Waals surface area contributed by atoms with Gasteiger partial charge in [-0.25, -0.2) is 0 Å². The first kappa shape index (κ1) is 9.21. The van der Waals surface area contributed by atoms with Gasteiger partial charge < -0.3 is 4.42 Å². The van der Waals surface area contributed by atoms with Crippen molar-refractivity contribution in [2.75, 3.05) is 0 Å². The van der Waals surface area contributed by atoms with Crippen LogP contribution in [0.5, 0.6) is 0 Å². The first-order valence-corrected chi connectivity index (χ1v) is 5.25. The number of hydrogen-bond donors (Lipinski definition) is 0. The molecule has 3 heteroatoms. The molecule has 1 aromatic carbocycles. The smallest absolute Gasteiger partial charge is 0.306 e. The van der Waals surface area contributed by atoms with E-state index in [4.69, 9.17) is 4.42 Å². The van der Waals surface area contributed by atoms with E-state index in [0.29, 0.717) is 5.84 Å². The lowest BCUT2D eigenvalue weighted by atomic mass is 10.1. The average molecular weight is 212 g/mol. The molecule has 0 spiro atoms. The summed E-state index contributed by atoms with van der Waals surface area (Å²) in [6.45, 7) is 4.13. The van der Waals surface area contributed by atoms with Crippen molar-refractivity contribution in [2.45, 2.75) is 13.8 Å². The molecule has 2 heterocycles. The van der Waals surface area contributed by atoms with Crippen molar-refractivity contribution in [3.05, 3.63) is 48.0 Å². The van der Waals surface area contributed by atoms with E-state index in [-0.39, 0.29) is 0 Å². The second-order valence-electron chi connectivity index (χ2n) is 3.97. The molecule has 3 aromatic rings. The Balaban J connectivity index is 2.25. The molecule has 0 aliphatic rings. The van der Waals surface area contributed by atoms with Gasteiger partial charge in [-0.3, -0.25) is 4.40 Å². The highest BCUT2D eigenvalue weighted by molar-refractivity contribution is 5.65. The van der Waals surface area contributed by atoms with Gasteiger partial charge in [0.1, 0.15) is 6.26 Å². The van der Waals surface area contributed by atoms with Crippen LogP contribution in [0.15, 0.2) is 41.1 Å². The number of benzene rings is 1. The normalized spacial score (nSPS) is 11.1. The summed E-state index contributed by atoms with van der Waals surface area (Å²) in [5.74, 6) is 0.647. The van der Waals surface area contributed by atoms with Gasteiger partial charge in [0.05, 0.1) is 11.4 Å². The molecule has 3 nitrogen and oxygen atoms in total. The van der Waals surface area contributed by atoms with Crippen LogP contribution in [0.1, 0.15) is 11.3 Å². The number of nitrogens with zero attached hydrogens (tertiary/aromatic N) is 2. The summed E-state index contributed by atoms with van der Waals surface area (Å²) in [5, 5.41) is 0. The van der Waals surface area contributed by atoms with Crippen LogP contribution in [0.3, 0.4) is 0 Å². The van der Waals surface area contributed by atoms with Crippen LogP contribution in [0, 0.1) is 13.8 Å². The van der Waals surface area contributed by atoms with E-state index in [9.17, 15) is 0 Å². The Kier molecular flexibility index (Phi) is 1.86. The summed E-state index contributed by atoms with van der Waals surface area (Å²) in [4.78, 5) is 4.48. The molecule has 80 valence electrons. The Hall–Kier alpha value is -2.03. The lowest BCUT2D eigenvalue weighted by Gasteiger charge is -2.00. The maximum absolute atomic E-state index is 5.28. The average Bonchev–Trinajstić information content (AvgIpc) is 2.82. The molecule has 0 N–H and O–H groups in total. The van der Waals surface area contributed by atoms with Crippen LogP contribution in [0.4, 0.5) is 0 Å². The molecule has 0 unspecified atom stereocenters. The molecule has 0 radical (unpaired) electrons. The fourth-order valence-electron chi connectivity index (χ4n) is 1.96. The van der Waals surface area contributed by atoms with Crippen molar-refractivity contribution >= 4 is 5.84 Å². The van der Waals surface area contributed by atoms with Gasteiger partial charge >= 0.3 is 5.84 Å². The third-order valence-electron chi connectivity index (χ3n) is 2.79. The highest BCUT2D eigenvalue weighted by Crippen LogP contribution is 2.24. The maximum Gasteiger partial charge on any atom is 0.306 e. The third kappa shape index (κ3) is 1.25. The molecule has 0 saturated carbocycles. The molecule has 0 amide bonds. The molecule has 0 aliphatic heterocycles. The lowest BCUT2D eigenvalue weighted by Crippen LogP contribution is -1.84. The second kappa shape index (κ2) is 3.23. The number of rotatable bonds is 1. The van der Waals surface area contributed by atoms with Crippen LogP contribution in [0.2, 0.25) is 0 Å². The van der Waals surface area contributed by atoms with Gasteiger partial charge in [-0.2, -0.15) is 4.98 Å². The van der Waals surface area contributed by atoms with E-state index in [1.54, 1.807) is 6.26 Å². The highest BCUT2D eigenvalue weighted by atomic mass is 16.3. The highest BCUT2D eigenvalue weighted by Gasteiger charge is 2.11. The van der Waals surface area contributed by atoms with Gasteiger partial charge in [0.15, 0.2) is 0 Å². The standard InChI is InChI=1S/C13H12N2O/c1-9-4-3-5-11(8-9)12-10(2)15-6-7-16-13(15)14-12/h3-8H,1-2H3. The summed E-state index contributed by atoms with van der Waals surface area (Å²) in [6, 6.07) is 8.33. The van der Waals surface area contributed by atoms with Crippen molar-refractivity contribution in [3.8, 4) is 11.3 Å². The van der Waals surface area contributed by atoms with Crippen LogP contribution >= 0.6 is 0 Å². The summed E-state index contributed by atoms with van der Waals surface area (Å²) in [6.07, 6.45) is 3.53. The monoisotopic (exact) mass is 212 g/mol. The Bertz CT molecular complexity index is 649. The van der Waals surface area contributed by atoms with E-state index in [1.165, 1.54) is 5.56 Å². The van der Waals surface area contributed by atoms with Gasteiger partial charge in [0.25, 0.3) is 0 Å². The number of hydrogen-bond acceptors (Lipinski definition) is 2. The Morgan fingerprint density at radius 2 is 2.12 bits per heavy atom. The molecule has 0 bridgehead atoms. The molecule has 0 aliphatic carbocycles. The minimum atomic E-state index is 0.647. The largest absolute Gasteiger partial charge is 0.432 e. The van der Waals surface area contributed by atoms with E-state index in [2.05, 4.69) is 30.1 Å². The molecule has 0 atom stereocenters. The van der Waals surface area contributed by atoms with Crippen LogP contribution < -0.4 is 0 Å². The minimum absolute atomic E-state index is 0.647. The van der Waals surface area contributed by atoms with E-state index in [1.807, 2.05) is 23.6 Å². The van der Waals surface area contributed by atoms with Crippen molar-refractivity contribution < 1.29 is 4.42 Å². The molecular formula is C13H12N2O. The number of imidazole rings is 1. The first-order valence-electron chi connectivity index (χ1n) is 5.25. The minimum Gasteiger partial charge on any atom is -0.432 e. The van der Waals surface area contributed by atoms with Crippen LogP contribution in [0.25, 0.3) is 17.1 Å². The van der Waals surface area contributed by atoms with Gasteiger partial charge in [-0.15, -0.1) is 0 Å². The second-order valence-corrected chi connectivity index (χ2v) is 3.97. The van der Waals surface area contributed by atoms with Crippen molar-refractivity contribution in [2.24, 2.45) is 0 Å². The van der Waals surface area contributed by atoms with E-state index < -0.39 is 0 Å². The first-order chi connectivity index (χ1) is 7.75.